The predicted molar refractivity (Wildman–Crippen MR) is 261 cm³/mol. The highest BCUT2D eigenvalue weighted by Crippen LogP contribution is 2.38. The number of rotatable bonds is 47. The molecule has 360 valence electrons. The average molecular weight is 881 g/mol. The summed E-state index contributed by atoms with van der Waals surface area (Å²) in [5.74, 6) is -0.215. The maximum atomic E-state index is 12.9. The molecule has 0 aromatic carbocycles. The van der Waals surface area contributed by atoms with Gasteiger partial charge in [0, 0.05) is 6.42 Å². The van der Waals surface area contributed by atoms with E-state index in [2.05, 4.69) is 43.5 Å². The molecule has 0 spiro atoms. The number of allylic oxidation sites excluding steroid dienone is 5. The van der Waals surface area contributed by atoms with Crippen LogP contribution >= 0.6 is 7.82 Å². The molecule has 3 unspecified atom stereocenters. The lowest BCUT2D eigenvalue weighted by atomic mass is 10.0. The number of nitrogens with zero attached hydrogens (tertiary/aromatic N) is 1. The Morgan fingerprint density at radius 3 is 1.33 bits per heavy atom. The van der Waals surface area contributed by atoms with E-state index in [1.807, 2.05) is 27.2 Å². The van der Waals surface area contributed by atoms with Gasteiger partial charge < -0.3 is 28.8 Å². The summed E-state index contributed by atoms with van der Waals surface area (Å²) in [5.41, 5.74) is 0. The van der Waals surface area contributed by atoms with Crippen molar-refractivity contribution in [1.82, 2.24) is 5.32 Å². The van der Waals surface area contributed by atoms with Crippen molar-refractivity contribution in [3.63, 3.8) is 0 Å². The third kappa shape index (κ3) is 46.5. The molecule has 0 aliphatic carbocycles. The Hall–Kier alpha value is -1.28. The zero-order chi connectivity index (χ0) is 45.0. The summed E-state index contributed by atoms with van der Waals surface area (Å²) in [5, 5.41) is 13.8. The molecule has 0 aliphatic rings. The van der Waals surface area contributed by atoms with Crippen LogP contribution in [-0.4, -0.2) is 68.5 Å². The Kier molecular flexibility index (Phi) is 43.0. The van der Waals surface area contributed by atoms with Crippen LogP contribution in [-0.2, 0) is 18.4 Å². The highest BCUT2D eigenvalue weighted by molar-refractivity contribution is 7.45. The number of unbranched alkanes of at least 4 members (excludes halogenated alkanes) is 30. The zero-order valence-corrected chi connectivity index (χ0v) is 41.8. The molecule has 9 heteroatoms. The van der Waals surface area contributed by atoms with Gasteiger partial charge in [0.2, 0.25) is 5.91 Å². The lowest BCUT2D eigenvalue weighted by Crippen LogP contribution is -2.45. The molecule has 8 nitrogen and oxygen atoms in total. The summed E-state index contributed by atoms with van der Waals surface area (Å²) in [6.45, 7) is 4.63. The molecule has 0 aromatic heterocycles. The fraction of sp³-hybridized carbons (Fsp3) is 0.865. The van der Waals surface area contributed by atoms with Crippen molar-refractivity contribution in [2.75, 3.05) is 40.9 Å². The lowest BCUT2D eigenvalue weighted by Gasteiger charge is -2.29. The number of carbonyl (C=O) groups excluding carboxylic acids is 1. The van der Waals surface area contributed by atoms with Crippen molar-refractivity contribution in [2.24, 2.45) is 0 Å². The van der Waals surface area contributed by atoms with Crippen LogP contribution in [0.5, 0.6) is 0 Å². The Balaban J connectivity index is 4.34. The molecule has 3 atom stereocenters. The van der Waals surface area contributed by atoms with Crippen molar-refractivity contribution >= 4 is 13.7 Å². The first-order valence-corrected chi connectivity index (χ1v) is 27.3. The molecular weight excluding hydrogens is 780 g/mol. The summed E-state index contributed by atoms with van der Waals surface area (Å²) in [7, 11) is 1.24. The number of hydrogen-bond donors (Lipinski definition) is 2. The molecule has 0 saturated carbocycles. The minimum atomic E-state index is -4.60. The van der Waals surface area contributed by atoms with Crippen LogP contribution in [0.2, 0.25) is 0 Å². The first-order chi connectivity index (χ1) is 29.5. The fourth-order valence-electron chi connectivity index (χ4n) is 7.46. The van der Waals surface area contributed by atoms with Crippen LogP contribution in [0.4, 0.5) is 0 Å². The third-order valence-corrected chi connectivity index (χ3v) is 12.5. The van der Waals surface area contributed by atoms with E-state index in [0.29, 0.717) is 17.4 Å². The van der Waals surface area contributed by atoms with E-state index in [1.54, 1.807) is 6.08 Å². The van der Waals surface area contributed by atoms with Gasteiger partial charge in [0.15, 0.2) is 0 Å². The second-order valence-corrected chi connectivity index (χ2v) is 20.3. The molecule has 0 heterocycles. The van der Waals surface area contributed by atoms with Gasteiger partial charge in [-0.2, -0.15) is 0 Å². The van der Waals surface area contributed by atoms with Gasteiger partial charge in [0.25, 0.3) is 7.82 Å². The Morgan fingerprint density at radius 2 is 0.918 bits per heavy atom. The number of nitrogens with one attached hydrogen (secondary N) is 1. The zero-order valence-electron chi connectivity index (χ0n) is 40.9. The normalized spacial score (nSPS) is 14.4. The molecule has 1 amide bonds. The summed E-state index contributed by atoms with van der Waals surface area (Å²) >= 11 is 0. The topological polar surface area (TPSA) is 108 Å². The van der Waals surface area contributed by atoms with E-state index in [-0.39, 0.29) is 12.5 Å². The predicted octanol–water partition coefficient (Wildman–Crippen LogP) is 14.4. The van der Waals surface area contributed by atoms with E-state index in [9.17, 15) is 19.4 Å². The summed E-state index contributed by atoms with van der Waals surface area (Å²) in [4.78, 5) is 25.4. The number of carbonyl (C=O) groups is 1. The molecule has 0 radical (unpaired) electrons. The van der Waals surface area contributed by atoms with Gasteiger partial charge in [-0.25, -0.2) is 0 Å². The van der Waals surface area contributed by atoms with Gasteiger partial charge >= 0.3 is 0 Å². The standard InChI is InChI=1S/C52H101N2O6P/c1-6-8-10-12-14-16-18-20-22-24-25-26-27-28-29-30-31-33-35-37-39-41-43-45-51(55)50(49-60-61(57,58)59-48-47-54(3,4)5)53-52(56)46-44-42-40-38-36-34-32-23-21-19-17-15-13-11-9-7-2/h23,32,35,37,43,45,50-51,55H,6-22,24-31,33-34,36,38-42,44,46-49H2,1-5H3,(H-,53,56,57,58)/b32-23-,37-35+,45-43+. The number of phosphoric acid groups is 1. The van der Waals surface area contributed by atoms with Crippen molar-refractivity contribution in [1.29, 1.82) is 0 Å². The molecule has 2 N–H and O–H groups in total. The first-order valence-electron chi connectivity index (χ1n) is 25.9. The fourth-order valence-corrected chi connectivity index (χ4v) is 8.18. The number of likely N-dealkylation sites (N-methyl/N-ethyl adjacent to an activating group) is 1. The van der Waals surface area contributed by atoms with Crippen molar-refractivity contribution in [2.45, 2.75) is 251 Å². The van der Waals surface area contributed by atoms with Crippen molar-refractivity contribution in [3.05, 3.63) is 36.5 Å². The van der Waals surface area contributed by atoms with E-state index in [0.717, 1.165) is 51.4 Å². The summed E-state index contributed by atoms with van der Waals surface area (Å²) in [6, 6.07) is -0.906. The summed E-state index contributed by atoms with van der Waals surface area (Å²) in [6.07, 6.45) is 54.9. The minimum absolute atomic E-state index is 0.00761. The molecule has 0 aliphatic heterocycles. The number of quaternary nitrogens is 1. The van der Waals surface area contributed by atoms with E-state index in [4.69, 9.17) is 9.05 Å². The largest absolute Gasteiger partial charge is 0.756 e. The smallest absolute Gasteiger partial charge is 0.268 e. The van der Waals surface area contributed by atoms with Crippen LogP contribution in [0.25, 0.3) is 0 Å². The number of aliphatic hydroxyl groups excluding tert-OH is 1. The molecule has 61 heavy (non-hydrogen) atoms. The maximum absolute atomic E-state index is 12.9. The molecule has 0 rings (SSSR count). The van der Waals surface area contributed by atoms with Gasteiger partial charge in [-0.1, -0.05) is 211 Å². The summed E-state index contributed by atoms with van der Waals surface area (Å²) < 4.78 is 23.3. The SMILES string of the molecule is CCCCCCCCC/C=C\CCCCCCCC(=O)NC(COP(=O)([O-])OCC[N+](C)(C)C)C(O)/C=C/CC/C=C/CCCCCCCCCCCCCCCCCCC. The quantitative estimate of drug-likeness (QED) is 0.0273. The van der Waals surface area contributed by atoms with Gasteiger partial charge in [-0.15, -0.1) is 0 Å². The molecule has 0 fully saturated rings. The van der Waals surface area contributed by atoms with E-state index in [1.165, 1.54) is 167 Å². The average Bonchev–Trinajstić information content (AvgIpc) is 3.21. The van der Waals surface area contributed by atoms with Crippen molar-refractivity contribution < 1.29 is 32.9 Å². The van der Waals surface area contributed by atoms with Crippen LogP contribution in [0, 0.1) is 0 Å². The monoisotopic (exact) mass is 881 g/mol. The maximum Gasteiger partial charge on any atom is 0.268 e. The van der Waals surface area contributed by atoms with Gasteiger partial charge in [0.1, 0.15) is 13.2 Å². The lowest BCUT2D eigenvalue weighted by molar-refractivity contribution is -0.870. The van der Waals surface area contributed by atoms with Gasteiger partial charge in [-0.3, -0.25) is 9.36 Å². The number of phosphoric ester groups is 1. The number of amides is 1. The van der Waals surface area contributed by atoms with Crippen LogP contribution in [0.3, 0.4) is 0 Å². The van der Waals surface area contributed by atoms with Crippen LogP contribution in [0.15, 0.2) is 36.5 Å². The minimum Gasteiger partial charge on any atom is -0.756 e. The second kappa shape index (κ2) is 43.9. The number of aliphatic hydroxyl groups is 1. The highest BCUT2D eigenvalue weighted by Gasteiger charge is 2.23. The van der Waals surface area contributed by atoms with Crippen molar-refractivity contribution in [3.8, 4) is 0 Å². The van der Waals surface area contributed by atoms with E-state index < -0.39 is 26.6 Å². The second-order valence-electron chi connectivity index (χ2n) is 18.9. The molecule has 0 bridgehead atoms. The molecule has 0 saturated heterocycles. The Morgan fingerprint density at radius 1 is 0.557 bits per heavy atom. The van der Waals surface area contributed by atoms with Crippen LogP contribution < -0.4 is 10.2 Å². The third-order valence-electron chi connectivity index (χ3n) is 11.6. The Labute approximate surface area is 378 Å². The van der Waals surface area contributed by atoms with Gasteiger partial charge in [-0.05, 0) is 57.8 Å². The first kappa shape index (κ1) is 59.7. The Bertz CT molecular complexity index is 1090. The number of hydrogen-bond acceptors (Lipinski definition) is 6. The van der Waals surface area contributed by atoms with Gasteiger partial charge in [0.05, 0.1) is 39.9 Å². The molecular formula is C52H101N2O6P. The van der Waals surface area contributed by atoms with Crippen LogP contribution in [0.1, 0.15) is 239 Å². The highest BCUT2D eigenvalue weighted by atomic mass is 31.2. The molecule has 0 aromatic rings. The van der Waals surface area contributed by atoms with E-state index >= 15 is 0 Å².